The number of aromatic nitrogens is 2. The lowest BCUT2D eigenvalue weighted by Crippen LogP contribution is -2.41. The van der Waals surface area contributed by atoms with Crippen molar-refractivity contribution in [1.82, 2.24) is 15.3 Å². The Bertz CT molecular complexity index is 1140. The minimum absolute atomic E-state index is 0.140. The highest BCUT2D eigenvalue weighted by atomic mass is 16.4. The minimum atomic E-state index is -1.02. The van der Waals surface area contributed by atoms with Gasteiger partial charge in [-0.15, -0.1) is 0 Å². The number of fused-ring (bicyclic) bond motifs is 2. The maximum absolute atomic E-state index is 12.4. The van der Waals surface area contributed by atoms with Crippen LogP contribution in [0.5, 0.6) is 0 Å². The van der Waals surface area contributed by atoms with E-state index in [4.69, 9.17) is 0 Å². The Hall–Kier alpha value is -3.54. The summed E-state index contributed by atoms with van der Waals surface area (Å²) in [5, 5.41) is 14.3. The zero-order valence-electron chi connectivity index (χ0n) is 15.2. The number of hydrogen-bond donors (Lipinski definition) is 4. The first-order chi connectivity index (χ1) is 13.6. The summed E-state index contributed by atoms with van der Waals surface area (Å²) >= 11 is 0. The molecule has 0 unspecified atom stereocenters. The highest BCUT2D eigenvalue weighted by Gasteiger charge is 2.21. The molecule has 6 heteroatoms. The van der Waals surface area contributed by atoms with Crippen molar-refractivity contribution >= 4 is 33.7 Å². The number of carboxylic acid groups (broad SMARTS) is 1. The Morgan fingerprint density at radius 1 is 0.893 bits per heavy atom. The molecule has 1 amide bonds. The number of carbonyl (C=O) groups is 2. The van der Waals surface area contributed by atoms with E-state index in [9.17, 15) is 14.7 Å². The van der Waals surface area contributed by atoms with E-state index in [0.717, 1.165) is 32.9 Å². The molecule has 0 bridgehead atoms. The van der Waals surface area contributed by atoms with Gasteiger partial charge in [-0.05, 0) is 36.1 Å². The highest BCUT2D eigenvalue weighted by Crippen LogP contribution is 2.20. The zero-order valence-corrected chi connectivity index (χ0v) is 15.2. The first-order valence-electron chi connectivity index (χ1n) is 9.24. The Kier molecular flexibility index (Phi) is 4.85. The normalized spacial score (nSPS) is 12.3. The molecule has 28 heavy (non-hydrogen) atoms. The average Bonchev–Trinajstić information content (AvgIpc) is 3.29. The Balaban J connectivity index is 1.42. The van der Waals surface area contributed by atoms with Crippen LogP contribution in [0.25, 0.3) is 21.8 Å². The molecule has 6 nitrogen and oxygen atoms in total. The summed E-state index contributed by atoms with van der Waals surface area (Å²) in [5.74, 6) is -1.32. The molecule has 2 heterocycles. The molecule has 4 rings (SSSR count). The smallest absolute Gasteiger partial charge is 0.326 e. The first kappa shape index (κ1) is 17.9. The molecule has 4 aromatic rings. The van der Waals surface area contributed by atoms with Crippen molar-refractivity contribution < 1.29 is 14.7 Å². The van der Waals surface area contributed by atoms with E-state index in [0.29, 0.717) is 12.8 Å². The molecule has 0 saturated heterocycles. The summed E-state index contributed by atoms with van der Waals surface area (Å²) in [6, 6.07) is 14.7. The molecule has 0 fully saturated rings. The van der Waals surface area contributed by atoms with Gasteiger partial charge in [0, 0.05) is 34.2 Å². The van der Waals surface area contributed by atoms with Crippen molar-refractivity contribution in [2.24, 2.45) is 0 Å². The topological polar surface area (TPSA) is 98.0 Å². The molecular formula is C22H21N3O3. The van der Waals surface area contributed by atoms with Crippen molar-refractivity contribution in [2.75, 3.05) is 0 Å². The fourth-order valence-corrected chi connectivity index (χ4v) is 3.59. The fourth-order valence-electron chi connectivity index (χ4n) is 3.59. The maximum Gasteiger partial charge on any atom is 0.326 e. The van der Waals surface area contributed by atoms with Crippen LogP contribution in [0, 0.1) is 0 Å². The summed E-state index contributed by atoms with van der Waals surface area (Å²) in [6.45, 7) is 0. The predicted octanol–water partition coefficient (Wildman–Crippen LogP) is 3.39. The second kappa shape index (κ2) is 7.60. The van der Waals surface area contributed by atoms with Crippen LogP contribution in [-0.2, 0) is 22.4 Å². The number of hydrogen-bond acceptors (Lipinski definition) is 2. The third kappa shape index (κ3) is 3.62. The first-order valence-corrected chi connectivity index (χ1v) is 9.24. The monoisotopic (exact) mass is 375 g/mol. The fraction of sp³-hybridized carbons (Fsp3) is 0.182. The predicted molar refractivity (Wildman–Crippen MR) is 108 cm³/mol. The van der Waals surface area contributed by atoms with Crippen LogP contribution in [-0.4, -0.2) is 33.0 Å². The number of aromatic amines is 2. The molecule has 2 aromatic heterocycles. The molecule has 0 aliphatic carbocycles. The lowest BCUT2D eigenvalue weighted by Gasteiger charge is -2.14. The summed E-state index contributed by atoms with van der Waals surface area (Å²) in [5.41, 5.74) is 3.88. The number of benzene rings is 2. The summed E-state index contributed by atoms with van der Waals surface area (Å²) in [7, 11) is 0. The number of rotatable bonds is 7. The van der Waals surface area contributed by atoms with Gasteiger partial charge < -0.3 is 20.4 Å². The van der Waals surface area contributed by atoms with Gasteiger partial charge in [0.2, 0.25) is 5.91 Å². The number of carbonyl (C=O) groups excluding carboxylic acids is 1. The molecular weight excluding hydrogens is 354 g/mol. The number of H-pyrrole nitrogens is 2. The lowest BCUT2D eigenvalue weighted by molar-refractivity contribution is -0.141. The van der Waals surface area contributed by atoms with E-state index in [1.165, 1.54) is 0 Å². The molecule has 142 valence electrons. The van der Waals surface area contributed by atoms with Crippen LogP contribution < -0.4 is 5.32 Å². The van der Waals surface area contributed by atoms with Gasteiger partial charge in [-0.25, -0.2) is 4.79 Å². The summed E-state index contributed by atoms with van der Waals surface area (Å²) in [4.78, 5) is 30.4. The van der Waals surface area contributed by atoms with Crippen molar-refractivity contribution in [3.63, 3.8) is 0 Å². The van der Waals surface area contributed by atoms with Gasteiger partial charge in [0.15, 0.2) is 0 Å². The van der Waals surface area contributed by atoms with Gasteiger partial charge in [-0.3, -0.25) is 4.79 Å². The van der Waals surface area contributed by atoms with Crippen LogP contribution in [0.1, 0.15) is 17.5 Å². The number of nitrogens with one attached hydrogen (secondary N) is 3. The number of aryl methyl sites for hydroxylation is 1. The van der Waals surface area contributed by atoms with Gasteiger partial charge in [-0.2, -0.15) is 0 Å². The number of aliphatic carboxylic acids is 1. The molecule has 4 N–H and O–H groups in total. The molecule has 1 atom stereocenters. The van der Waals surface area contributed by atoms with Crippen molar-refractivity contribution in [2.45, 2.75) is 25.3 Å². The van der Waals surface area contributed by atoms with E-state index in [1.807, 2.05) is 54.7 Å². The van der Waals surface area contributed by atoms with Gasteiger partial charge in [0.1, 0.15) is 6.04 Å². The summed E-state index contributed by atoms with van der Waals surface area (Å²) < 4.78 is 0. The van der Waals surface area contributed by atoms with E-state index in [2.05, 4.69) is 15.3 Å². The molecule has 0 saturated carbocycles. The largest absolute Gasteiger partial charge is 0.480 e. The summed E-state index contributed by atoms with van der Waals surface area (Å²) in [6.07, 6.45) is 4.73. The maximum atomic E-state index is 12.4. The van der Waals surface area contributed by atoms with Crippen molar-refractivity contribution in [1.29, 1.82) is 0 Å². The van der Waals surface area contributed by atoms with Gasteiger partial charge in [0.25, 0.3) is 0 Å². The number of para-hydroxylation sites is 2. The second-order valence-corrected chi connectivity index (χ2v) is 6.89. The van der Waals surface area contributed by atoms with Gasteiger partial charge >= 0.3 is 5.97 Å². The van der Waals surface area contributed by atoms with Gasteiger partial charge in [0.05, 0.1) is 6.42 Å². The van der Waals surface area contributed by atoms with E-state index in [1.54, 1.807) is 6.20 Å². The van der Waals surface area contributed by atoms with Crippen LogP contribution in [0.15, 0.2) is 60.9 Å². The zero-order chi connectivity index (χ0) is 19.5. The number of amides is 1. The Morgan fingerprint density at radius 2 is 1.46 bits per heavy atom. The molecule has 0 radical (unpaired) electrons. The second-order valence-electron chi connectivity index (χ2n) is 6.89. The van der Waals surface area contributed by atoms with Crippen molar-refractivity contribution in [3.8, 4) is 0 Å². The van der Waals surface area contributed by atoms with Crippen LogP contribution >= 0.6 is 0 Å². The lowest BCUT2D eigenvalue weighted by atomic mass is 10.0. The van der Waals surface area contributed by atoms with Crippen molar-refractivity contribution in [3.05, 3.63) is 72.1 Å². The minimum Gasteiger partial charge on any atom is -0.480 e. The molecule has 0 aliphatic rings. The van der Waals surface area contributed by atoms with Crippen LogP contribution in [0.3, 0.4) is 0 Å². The quantitative estimate of drug-likeness (QED) is 0.398. The SMILES string of the molecule is O=C(Cc1c[nH]c2ccccc12)N[C@@H](CCc1c[nH]c2ccccc12)C(=O)O. The average molecular weight is 375 g/mol. The molecule has 0 aliphatic heterocycles. The standard InChI is InChI=1S/C22H21N3O3/c26-21(11-15-13-24-19-8-4-2-6-17(15)19)25-20(22(27)28)10-9-14-12-23-18-7-3-1-5-16(14)18/h1-8,12-13,20,23-24H,9-11H2,(H,25,26)(H,27,28)/t20-/m0/s1. The van der Waals surface area contributed by atoms with Crippen LogP contribution in [0.4, 0.5) is 0 Å². The third-order valence-corrected chi connectivity index (χ3v) is 5.04. The number of carboxylic acids is 1. The van der Waals surface area contributed by atoms with E-state index in [-0.39, 0.29) is 12.3 Å². The Morgan fingerprint density at radius 3 is 2.11 bits per heavy atom. The van der Waals surface area contributed by atoms with Gasteiger partial charge in [-0.1, -0.05) is 36.4 Å². The van der Waals surface area contributed by atoms with E-state index < -0.39 is 12.0 Å². The third-order valence-electron chi connectivity index (χ3n) is 5.04. The molecule has 0 spiro atoms. The Labute approximate surface area is 161 Å². The highest BCUT2D eigenvalue weighted by molar-refractivity contribution is 5.90. The van der Waals surface area contributed by atoms with Crippen LogP contribution in [0.2, 0.25) is 0 Å². The molecule has 2 aromatic carbocycles. The van der Waals surface area contributed by atoms with E-state index >= 15 is 0 Å².